The van der Waals surface area contributed by atoms with E-state index in [9.17, 15) is 24.3 Å². The lowest BCUT2D eigenvalue weighted by Crippen LogP contribution is -2.62. The molecule has 0 bridgehead atoms. The van der Waals surface area contributed by atoms with Gasteiger partial charge in [-0.1, -0.05) is 0 Å². The Morgan fingerprint density at radius 1 is 0.792 bits per heavy atom. The first-order chi connectivity index (χ1) is 11.1. The number of carbonyl (C=O) groups is 4. The third-order valence-electron chi connectivity index (χ3n) is 2.97. The van der Waals surface area contributed by atoms with Crippen LogP contribution in [0.1, 0.15) is 27.7 Å². The van der Waals surface area contributed by atoms with Gasteiger partial charge in [0.05, 0.1) is 0 Å². The van der Waals surface area contributed by atoms with E-state index in [4.69, 9.17) is 23.7 Å². The number of hydrogen-bond acceptors (Lipinski definition) is 10. The normalized spacial score (nSPS) is 29.3. The van der Waals surface area contributed by atoms with Crippen LogP contribution in [0.5, 0.6) is 0 Å². The number of aliphatic hydroxyl groups excluding tert-OH is 1. The second-order valence-corrected chi connectivity index (χ2v) is 5.09. The van der Waals surface area contributed by atoms with Gasteiger partial charge in [-0.2, -0.15) is 0 Å². The average molecular weight is 348 g/mol. The number of aliphatic hydroxyl groups is 1. The zero-order valence-electron chi connectivity index (χ0n) is 13.7. The SMILES string of the molecule is CC(=O)OCC1OC(O)C(OC(C)=O)[C@@H](OC(C)=O)C1OC(C)=O. The summed E-state index contributed by atoms with van der Waals surface area (Å²) in [7, 11) is 0. The predicted octanol–water partition coefficient (Wildman–Crippen LogP) is -0.938. The lowest BCUT2D eigenvalue weighted by molar-refractivity contribution is -0.296. The molecule has 0 saturated carbocycles. The summed E-state index contributed by atoms with van der Waals surface area (Å²) in [6.07, 6.45) is -6.79. The molecule has 1 saturated heterocycles. The lowest BCUT2D eigenvalue weighted by atomic mass is 9.98. The van der Waals surface area contributed by atoms with Crippen LogP contribution in [0.3, 0.4) is 0 Å². The molecule has 1 N–H and O–H groups in total. The molecule has 10 heteroatoms. The summed E-state index contributed by atoms with van der Waals surface area (Å²) >= 11 is 0. The quantitative estimate of drug-likeness (QED) is 0.490. The molecule has 136 valence electrons. The fourth-order valence-corrected chi connectivity index (χ4v) is 2.21. The number of carbonyl (C=O) groups excluding carboxylic acids is 4. The molecule has 0 aromatic heterocycles. The molecular weight excluding hydrogens is 328 g/mol. The molecule has 0 aliphatic carbocycles. The molecule has 0 aromatic carbocycles. The van der Waals surface area contributed by atoms with E-state index in [1.807, 2.05) is 0 Å². The van der Waals surface area contributed by atoms with Crippen molar-refractivity contribution in [2.75, 3.05) is 6.61 Å². The first-order valence-electron chi connectivity index (χ1n) is 7.10. The van der Waals surface area contributed by atoms with Gasteiger partial charge in [0.15, 0.2) is 24.6 Å². The summed E-state index contributed by atoms with van der Waals surface area (Å²) in [6, 6.07) is 0. The molecule has 10 nitrogen and oxygen atoms in total. The second-order valence-electron chi connectivity index (χ2n) is 5.09. The first-order valence-corrected chi connectivity index (χ1v) is 7.10. The minimum Gasteiger partial charge on any atom is -0.463 e. The second kappa shape index (κ2) is 8.60. The maximum Gasteiger partial charge on any atom is 0.303 e. The van der Waals surface area contributed by atoms with Crippen LogP contribution in [0.2, 0.25) is 0 Å². The Morgan fingerprint density at radius 2 is 1.25 bits per heavy atom. The smallest absolute Gasteiger partial charge is 0.303 e. The highest BCUT2D eigenvalue weighted by Gasteiger charge is 2.51. The predicted molar refractivity (Wildman–Crippen MR) is 74.2 cm³/mol. The molecule has 0 spiro atoms. The van der Waals surface area contributed by atoms with Crippen LogP contribution >= 0.6 is 0 Å². The third-order valence-corrected chi connectivity index (χ3v) is 2.97. The van der Waals surface area contributed by atoms with Gasteiger partial charge in [-0.3, -0.25) is 19.2 Å². The monoisotopic (exact) mass is 348 g/mol. The fraction of sp³-hybridized carbons (Fsp3) is 0.714. The molecule has 1 heterocycles. The van der Waals surface area contributed by atoms with Crippen molar-refractivity contribution in [1.82, 2.24) is 0 Å². The van der Waals surface area contributed by atoms with Crippen molar-refractivity contribution in [3.63, 3.8) is 0 Å². The minimum atomic E-state index is -1.68. The van der Waals surface area contributed by atoms with Gasteiger partial charge in [0.1, 0.15) is 12.7 Å². The molecule has 1 rings (SSSR count). The van der Waals surface area contributed by atoms with Crippen molar-refractivity contribution in [2.24, 2.45) is 0 Å². The Kier molecular flexibility index (Phi) is 7.11. The topological polar surface area (TPSA) is 135 Å². The molecule has 1 fully saturated rings. The highest BCUT2D eigenvalue weighted by molar-refractivity contribution is 5.68. The molecule has 1 aliphatic heterocycles. The van der Waals surface area contributed by atoms with Gasteiger partial charge in [-0.15, -0.1) is 0 Å². The number of esters is 4. The van der Waals surface area contributed by atoms with Crippen molar-refractivity contribution in [3.8, 4) is 0 Å². The van der Waals surface area contributed by atoms with Gasteiger partial charge in [-0.25, -0.2) is 0 Å². The van der Waals surface area contributed by atoms with Crippen LogP contribution in [0, 0.1) is 0 Å². The van der Waals surface area contributed by atoms with Crippen LogP contribution in [0.15, 0.2) is 0 Å². The number of rotatable bonds is 5. The molecule has 24 heavy (non-hydrogen) atoms. The highest BCUT2D eigenvalue weighted by atomic mass is 16.7. The van der Waals surface area contributed by atoms with Crippen molar-refractivity contribution in [3.05, 3.63) is 0 Å². The van der Waals surface area contributed by atoms with E-state index >= 15 is 0 Å². The van der Waals surface area contributed by atoms with Gasteiger partial charge >= 0.3 is 23.9 Å². The maximum absolute atomic E-state index is 11.3. The van der Waals surface area contributed by atoms with Crippen LogP contribution in [0.25, 0.3) is 0 Å². The average Bonchev–Trinajstić information content (AvgIpc) is 2.42. The molecule has 0 radical (unpaired) electrons. The van der Waals surface area contributed by atoms with Gasteiger partial charge in [0.25, 0.3) is 0 Å². The zero-order valence-corrected chi connectivity index (χ0v) is 13.7. The lowest BCUT2D eigenvalue weighted by Gasteiger charge is -2.42. The Morgan fingerprint density at radius 3 is 1.71 bits per heavy atom. The highest BCUT2D eigenvalue weighted by Crippen LogP contribution is 2.28. The maximum atomic E-state index is 11.3. The van der Waals surface area contributed by atoms with E-state index < -0.39 is 54.6 Å². The minimum absolute atomic E-state index is 0.366. The Labute approximate surface area is 137 Å². The standard InChI is InChI=1S/C14H20O10/c1-6(15)20-5-10-11(21-7(2)16)12(22-8(3)17)13(14(19)24-10)23-9(4)18/h10-14,19H,5H2,1-4H3/t10?,11?,12-,13?,14?/m0/s1. The van der Waals surface area contributed by atoms with Gasteiger partial charge in [0.2, 0.25) is 0 Å². The summed E-state index contributed by atoms with van der Waals surface area (Å²) in [5.41, 5.74) is 0. The molecule has 5 atom stereocenters. The Hall–Kier alpha value is -2.20. The van der Waals surface area contributed by atoms with E-state index in [1.54, 1.807) is 0 Å². The van der Waals surface area contributed by atoms with Crippen LogP contribution in [-0.4, -0.2) is 66.3 Å². The van der Waals surface area contributed by atoms with Gasteiger partial charge < -0.3 is 28.8 Å². The van der Waals surface area contributed by atoms with Crippen LogP contribution in [0.4, 0.5) is 0 Å². The molecule has 0 aromatic rings. The van der Waals surface area contributed by atoms with E-state index in [2.05, 4.69) is 0 Å². The molecule has 4 unspecified atom stereocenters. The molecule has 0 amide bonds. The van der Waals surface area contributed by atoms with Crippen molar-refractivity contribution in [2.45, 2.75) is 58.4 Å². The van der Waals surface area contributed by atoms with E-state index in [-0.39, 0.29) is 6.61 Å². The molecular formula is C14H20O10. The number of ether oxygens (including phenoxy) is 5. The van der Waals surface area contributed by atoms with E-state index in [0.29, 0.717) is 0 Å². The fourth-order valence-electron chi connectivity index (χ4n) is 2.21. The van der Waals surface area contributed by atoms with Crippen molar-refractivity contribution in [1.29, 1.82) is 0 Å². The van der Waals surface area contributed by atoms with E-state index in [1.165, 1.54) is 0 Å². The van der Waals surface area contributed by atoms with Crippen molar-refractivity contribution < 1.29 is 48.0 Å². The van der Waals surface area contributed by atoms with Gasteiger partial charge in [-0.05, 0) is 0 Å². The first kappa shape index (κ1) is 19.8. The van der Waals surface area contributed by atoms with E-state index in [0.717, 1.165) is 27.7 Å². The van der Waals surface area contributed by atoms with Crippen LogP contribution in [-0.2, 0) is 42.9 Å². The van der Waals surface area contributed by atoms with Crippen LogP contribution < -0.4 is 0 Å². The Balaban J connectivity index is 3.11. The zero-order chi connectivity index (χ0) is 18.4. The summed E-state index contributed by atoms with van der Waals surface area (Å²) in [5.74, 6) is -2.87. The summed E-state index contributed by atoms with van der Waals surface area (Å²) in [4.78, 5) is 44.9. The summed E-state index contributed by atoms with van der Waals surface area (Å²) < 4.78 is 25.0. The largest absolute Gasteiger partial charge is 0.463 e. The third kappa shape index (κ3) is 5.78. The Bertz CT molecular complexity index is 502. The van der Waals surface area contributed by atoms with Crippen molar-refractivity contribution >= 4 is 23.9 Å². The number of hydrogen-bond donors (Lipinski definition) is 1. The summed E-state index contributed by atoms with van der Waals surface area (Å²) in [6.45, 7) is 4.09. The molecule has 1 aliphatic rings. The van der Waals surface area contributed by atoms with Gasteiger partial charge in [0, 0.05) is 27.7 Å². The summed E-state index contributed by atoms with van der Waals surface area (Å²) in [5, 5.41) is 10.0.